The van der Waals surface area contributed by atoms with Gasteiger partial charge in [0.2, 0.25) is 5.91 Å². The number of benzene rings is 1. The van der Waals surface area contributed by atoms with Crippen LogP contribution in [0.15, 0.2) is 28.7 Å². The topological polar surface area (TPSA) is 49.4 Å². The van der Waals surface area contributed by atoms with Gasteiger partial charge in [-0.3, -0.25) is 9.59 Å². The number of nitrogens with one attached hydrogen (secondary N) is 1. The van der Waals surface area contributed by atoms with Crippen LogP contribution in [0.5, 0.6) is 0 Å². The van der Waals surface area contributed by atoms with E-state index in [4.69, 9.17) is 0 Å². The molecule has 4 nitrogen and oxygen atoms in total. The Hall–Kier alpha value is -1.36. The van der Waals surface area contributed by atoms with E-state index < -0.39 is 0 Å². The van der Waals surface area contributed by atoms with Gasteiger partial charge < -0.3 is 10.2 Å². The molecule has 0 atom stereocenters. The maximum atomic E-state index is 11.8. The average Bonchev–Trinajstić information content (AvgIpc) is 2.92. The standard InChI is InChI=1S/C14H17BrN2O2/c15-12-5-3-4-11(10-12)14(19)16-7-6-13(18)17-8-1-2-9-17/h3-5,10H,1-2,6-9H2,(H,16,19). The van der Waals surface area contributed by atoms with Crippen LogP contribution in [0.4, 0.5) is 0 Å². The minimum Gasteiger partial charge on any atom is -0.352 e. The van der Waals surface area contributed by atoms with Crippen molar-refractivity contribution in [2.75, 3.05) is 19.6 Å². The van der Waals surface area contributed by atoms with Crippen LogP contribution in [-0.4, -0.2) is 36.3 Å². The zero-order valence-corrected chi connectivity index (χ0v) is 12.3. The Morgan fingerprint density at radius 2 is 2.00 bits per heavy atom. The molecular weight excluding hydrogens is 308 g/mol. The molecule has 0 spiro atoms. The van der Waals surface area contributed by atoms with Crippen LogP contribution in [0.3, 0.4) is 0 Å². The van der Waals surface area contributed by atoms with E-state index in [0.717, 1.165) is 30.4 Å². The molecule has 2 rings (SSSR count). The summed E-state index contributed by atoms with van der Waals surface area (Å²) in [6.45, 7) is 2.11. The van der Waals surface area contributed by atoms with Crippen molar-refractivity contribution < 1.29 is 9.59 Å². The molecule has 1 aromatic carbocycles. The van der Waals surface area contributed by atoms with Gasteiger partial charge in [0.25, 0.3) is 5.91 Å². The molecule has 1 saturated heterocycles. The largest absolute Gasteiger partial charge is 0.352 e. The van der Waals surface area contributed by atoms with Gasteiger partial charge in [-0.2, -0.15) is 0 Å². The minimum absolute atomic E-state index is 0.132. The quantitative estimate of drug-likeness (QED) is 0.923. The van der Waals surface area contributed by atoms with Crippen molar-refractivity contribution in [2.45, 2.75) is 19.3 Å². The van der Waals surface area contributed by atoms with E-state index >= 15 is 0 Å². The van der Waals surface area contributed by atoms with E-state index in [2.05, 4.69) is 21.2 Å². The number of halogens is 1. The van der Waals surface area contributed by atoms with Gasteiger partial charge in [-0.15, -0.1) is 0 Å². The molecule has 0 aromatic heterocycles. The normalized spacial score (nSPS) is 14.5. The lowest BCUT2D eigenvalue weighted by Gasteiger charge is -2.15. The summed E-state index contributed by atoms with van der Waals surface area (Å²) in [6.07, 6.45) is 2.56. The molecule has 0 bridgehead atoms. The first kappa shape index (κ1) is 14.1. The molecule has 0 unspecified atom stereocenters. The molecule has 1 aromatic rings. The number of hydrogen-bond acceptors (Lipinski definition) is 2. The van der Waals surface area contributed by atoms with Crippen molar-refractivity contribution in [2.24, 2.45) is 0 Å². The van der Waals surface area contributed by atoms with E-state index in [1.165, 1.54) is 0 Å². The Morgan fingerprint density at radius 1 is 1.26 bits per heavy atom. The van der Waals surface area contributed by atoms with E-state index in [1.807, 2.05) is 17.0 Å². The van der Waals surface area contributed by atoms with E-state index in [0.29, 0.717) is 18.5 Å². The molecule has 0 radical (unpaired) electrons. The Morgan fingerprint density at radius 3 is 2.68 bits per heavy atom. The highest BCUT2D eigenvalue weighted by molar-refractivity contribution is 9.10. The second kappa shape index (κ2) is 6.70. The van der Waals surface area contributed by atoms with Gasteiger partial charge >= 0.3 is 0 Å². The Kier molecular flexibility index (Phi) is 4.96. The number of likely N-dealkylation sites (tertiary alicyclic amines) is 1. The lowest BCUT2D eigenvalue weighted by atomic mass is 10.2. The van der Waals surface area contributed by atoms with Crippen molar-refractivity contribution >= 4 is 27.7 Å². The van der Waals surface area contributed by atoms with E-state index in [9.17, 15) is 9.59 Å². The summed E-state index contributed by atoms with van der Waals surface area (Å²) in [5.41, 5.74) is 0.600. The van der Waals surface area contributed by atoms with Crippen LogP contribution in [0.2, 0.25) is 0 Å². The van der Waals surface area contributed by atoms with Gasteiger partial charge in [0.15, 0.2) is 0 Å². The minimum atomic E-state index is -0.143. The number of rotatable bonds is 4. The smallest absolute Gasteiger partial charge is 0.251 e. The maximum Gasteiger partial charge on any atom is 0.251 e. The highest BCUT2D eigenvalue weighted by Crippen LogP contribution is 2.11. The molecule has 1 fully saturated rings. The Balaban J connectivity index is 1.76. The monoisotopic (exact) mass is 324 g/mol. The van der Waals surface area contributed by atoms with Gasteiger partial charge in [0, 0.05) is 36.1 Å². The number of amides is 2. The number of carbonyl (C=O) groups excluding carboxylic acids is 2. The van der Waals surface area contributed by atoms with E-state index in [1.54, 1.807) is 12.1 Å². The fourth-order valence-electron chi connectivity index (χ4n) is 2.14. The zero-order chi connectivity index (χ0) is 13.7. The summed E-state index contributed by atoms with van der Waals surface area (Å²) in [7, 11) is 0. The number of nitrogens with zero attached hydrogens (tertiary/aromatic N) is 1. The van der Waals surface area contributed by atoms with Crippen LogP contribution in [0, 0.1) is 0 Å². The fraction of sp³-hybridized carbons (Fsp3) is 0.429. The third-order valence-corrected chi connectivity index (χ3v) is 3.66. The highest BCUT2D eigenvalue weighted by atomic mass is 79.9. The SMILES string of the molecule is O=C(NCCC(=O)N1CCCC1)c1cccc(Br)c1. The molecule has 0 saturated carbocycles. The summed E-state index contributed by atoms with van der Waals surface area (Å²) >= 11 is 3.33. The van der Waals surface area contributed by atoms with Gasteiger partial charge in [-0.1, -0.05) is 22.0 Å². The predicted octanol–water partition coefficient (Wildman–Crippen LogP) is 2.19. The van der Waals surface area contributed by atoms with Crippen molar-refractivity contribution in [1.29, 1.82) is 0 Å². The molecule has 1 heterocycles. The van der Waals surface area contributed by atoms with Crippen LogP contribution in [0.25, 0.3) is 0 Å². The van der Waals surface area contributed by atoms with Crippen LogP contribution in [-0.2, 0) is 4.79 Å². The molecule has 0 aliphatic carbocycles. The van der Waals surface area contributed by atoms with Gasteiger partial charge in [0.05, 0.1) is 0 Å². The molecule has 19 heavy (non-hydrogen) atoms. The molecule has 1 aliphatic heterocycles. The van der Waals surface area contributed by atoms with Crippen LogP contribution in [0.1, 0.15) is 29.6 Å². The summed E-state index contributed by atoms with van der Waals surface area (Å²) in [5.74, 6) is -0.0115. The zero-order valence-electron chi connectivity index (χ0n) is 10.7. The number of hydrogen-bond donors (Lipinski definition) is 1. The lowest BCUT2D eigenvalue weighted by molar-refractivity contribution is -0.129. The molecule has 102 valence electrons. The van der Waals surface area contributed by atoms with Crippen LogP contribution < -0.4 is 5.32 Å². The average molecular weight is 325 g/mol. The third-order valence-electron chi connectivity index (χ3n) is 3.17. The molecule has 1 N–H and O–H groups in total. The molecule has 1 aliphatic rings. The molecule has 5 heteroatoms. The van der Waals surface area contributed by atoms with Gasteiger partial charge in [-0.05, 0) is 31.0 Å². The third kappa shape index (κ3) is 4.06. The first-order valence-electron chi connectivity index (χ1n) is 6.48. The predicted molar refractivity (Wildman–Crippen MR) is 76.9 cm³/mol. The first-order chi connectivity index (χ1) is 9.16. The second-order valence-corrected chi connectivity index (χ2v) is 5.52. The van der Waals surface area contributed by atoms with Crippen molar-refractivity contribution in [1.82, 2.24) is 10.2 Å². The van der Waals surface area contributed by atoms with Crippen molar-refractivity contribution in [3.63, 3.8) is 0 Å². The summed E-state index contributed by atoms with van der Waals surface area (Å²) in [5, 5.41) is 2.77. The van der Waals surface area contributed by atoms with Crippen molar-refractivity contribution in [3.05, 3.63) is 34.3 Å². The van der Waals surface area contributed by atoms with Gasteiger partial charge in [-0.25, -0.2) is 0 Å². The molecule has 2 amide bonds. The van der Waals surface area contributed by atoms with Gasteiger partial charge in [0.1, 0.15) is 0 Å². The van der Waals surface area contributed by atoms with Crippen LogP contribution >= 0.6 is 15.9 Å². The maximum absolute atomic E-state index is 11.8. The summed E-state index contributed by atoms with van der Waals surface area (Å²) in [6, 6.07) is 7.20. The summed E-state index contributed by atoms with van der Waals surface area (Å²) in [4.78, 5) is 25.5. The fourth-order valence-corrected chi connectivity index (χ4v) is 2.54. The second-order valence-electron chi connectivity index (χ2n) is 4.60. The van der Waals surface area contributed by atoms with Crippen molar-refractivity contribution in [3.8, 4) is 0 Å². The highest BCUT2D eigenvalue weighted by Gasteiger charge is 2.17. The lowest BCUT2D eigenvalue weighted by Crippen LogP contribution is -2.32. The summed E-state index contributed by atoms with van der Waals surface area (Å²) < 4.78 is 0.869. The van der Waals surface area contributed by atoms with E-state index in [-0.39, 0.29) is 11.8 Å². The Labute approximate surface area is 121 Å². The Bertz CT molecular complexity index is 470. The first-order valence-corrected chi connectivity index (χ1v) is 7.27. The number of carbonyl (C=O) groups is 2. The molecular formula is C14H17BrN2O2.